The van der Waals surface area contributed by atoms with E-state index in [1.54, 1.807) is 19.2 Å². The fraction of sp³-hybridized carbons (Fsp3) is 0.0667. The van der Waals surface area contributed by atoms with Crippen LogP contribution >= 0.6 is 11.6 Å². The number of rotatable bonds is 3. The first-order valence-corrected chi connectivity index (χ1v) is 6.16. The molecule has 0 spiro atoms. The molecule has 0 fully saturated rings. The second kappa shape index (κ2) is 6.16. The third-order valence-electron chi connectivity index (χ3n) is 2.66. The number of aromatic nitrogens is 1. The Hall–Kier alpha value is -2.13. The minimum absolute atomic E-state index is 0.460. The lowest BCUT2D eigenvalue weighted by Gasteiger charge is -2.03. The van der Waals surface area contributed by atoms with E-state index in [9.17, 15) is 0 Å². The quantitative estimate of drug-likeness (QED) is 0.519. The largest absolute Gasteiger partial charge is 0.411 e. The van der Waals surface area contributed by atoms with Gasteiger partial charge in [0.2, 0.25) is 0 Å². The maximum atomic E-state index is 8.80. The van der Waals surface area contributed by atoms with Crippen molar-refractivity contribution in [1.29, 1.82) is 0 Å². The molecule has 0 bridgehead atoms. The third-order valence-corrected chi connectivity index (χ3v) is 2.96. The summed E-state index contributed by atoms with van der Waals surface area (Å²) in [5.74, 6) is 0. The first kappa shape index (κ1) is 13.3. The van der Waals surface area contributed by atoms with E-state index in [1.165, 1.54) is 0 Å². The van der Waals surface area contributed by atoms with Crippen molar-refractivity contribution < 1.29 is 5.21 Å². The third kappa shape index (κ3) is 3.42. The Morgan fingerprint density at radius 1 is 1.26 bits per heavy atom. The molecular weight excluding hydrogens is 260 g/mol. The molecule has 0 saturated heterocycles. The summed E-state index contributed by atoms with van der Waals surface area (Å²) in [7, 11) is 0. The van der Waals surface area contributed by atoms with Gasteiger partial charge >= 0.3 is 0 Å². The predicted octanol–water partition coefficient (Wildman–Crippen LogP) is 4.10. The van der Waals surface area contributed by atoms with E-state index >= 15 is 0 Å². The van der Waals surface area contributed by atoms with Gasteiger partial charge in [0.15, 0.2) is 0 Å². The molecule has 19 heavy (non-hydrogen) atoms. The molecule has 2 aromatic rings. The van der Waals surface area contributed by atoms with Gasteiger partial charge in [-0.3, -0.25) is 4.98 Å². The van der Waals surface area contributed by atoms with Crippen LogP contribution in [0.1, 0.15) is 23.7 Å². The van der Waals surface area contributed by atoms with E-state index in [4.69, 9.17) is 16.8 Å². The molecule has 0 aliphatic carbocycles. The van der Waals surface area contributed by atoms with Gasteiger partial charge in [0.1, 0.15) is 0 Å². The Kier molecular flexibility index (Phi) is 4.31. The van der Waals surface area contributed by atoms with Gasteiger partial charge < -0.3 is 5.21 Å². The molecule has 1 heterocycles. The van der Waals surface area contributed by atoms with Crippen LogP contribution in [0.4, 0.5) is 0 Å². The summed E-state index contributed by atoms with van der Waals surface area (Å²) in [5.41, 5.74) is 2.98. The number of oxime groups is 1. The molecule has 0 unspecified atom stereocenters. The number of hydrogen-bond acceptors (Lipinski definition) is 3. The van der Waals surface area contributed by atoms with E-state index in [1.807, 2.05) is 42.5 Å². The summed E-state index contributed by atoms with van der Waals surface area (Å²) in [5, 5.41) is 12.4. The van der Waals surface area contributed by atoms with Gasteiger partial charge in [0.05, 0.1) is 16.4 Å². The lowest BCUT2D eigenvalue weighted by atomic mass is 10.1. The first-order valence-electron chi connectivity index (χ1n) is 5.78. The molecule has 4 heteroatoms. The van der Waals surface area contributed by atoms with E-state index in [-0.39, 0.29) is 0 Å². The maximum Gasteiger partial charge on any atom is 0.0853 e. The van der Waals surface area contributed by atoms with Crippen LogP contribution in [0.15, 0.2) is 47.8 Å². The fourth-order valence-corrected chi connectivity index (χ4v) is 1.86. The average Bonchev–Trinajstić information content (AvgIpc) is 2.46. The van der Waals surface area contributed by atoms with Crippen LogP contribution in [0.25, 0.3) is 12.2 Å². The number of nitrogens with zero attached hydrogens (tertiary/aromatic N) is 2. The van der Waals surface area contributed by atoms with Gasteiger partial charge in [-0.1, -0.05) is 53.2 Å². The Morgan fingerprint density at radius 2 is 2.00 bits per heavy atom. The molecule has 1 aromatic carbocycles. The Balaban J connectivity index is 2.30. The zero-order valence-corrected chi connectivity index (χ0v) is 11.2. The summed E-state index contributed by atoms with van der Waals surface area (Å²) in [6, 6.07) is 11.7. The predicted molar refractivity (Wildman–Crippen MR) is 78.6 cm³/mol. The SMILES string of the molecule is C/C(=N/O)c1cc(/C=C/c2ccccc2)ncc1Cl. The second-order valence-corrected chi connectivity index (χ2v) is 4.43. The van der Waals surface area contributed by atoms with Crippen molar-refractivity contribution in [1.82, 2.24) is 4.98 Å². The van der Waals surface area contributed by atoms with Crippen molar-refractivity contribution in [2.75, 3.05) is 0 Å². The van der Waals surface area contributed by atoms with Crippen molar-refractivity contribution >= 4 is 29.5 Å². The highest BCUT2D eigenvalue weighted by Crippen LogP contribution is 2.17. The molecule has 1 N–H and O–H groups in total. The molecule has 0 aliphatic rings. The molecule has 0 aliphatic heterocycles. The molecule has 2 rings (SSSR count). The fourth-order valence-electron chi connectivity index (χ4n) is 1.62. The molecular formula is C15H13ClN2O. The number of halogens is 1. The normalized spacial score (nSPS) is 12.0. The van der Waals surface area contributed by atoms with Crippen molar-refractivity contribution in [2.24, 2.45) is 5.16 Å². The van der Waals surface area contributed by atoms with Crippen LogP contribution in [-0.4, -0.2) is 15.9 Å². The average molecular weight is 273 g/mol. The zero-order valence-electron chi connectivity index (χ0n) is 10.4. The van der Waals surface area contributed by atoms with Gasteiger partial charge in [0, 0.05) is 11.8 Å². The standard InChI is InChI=1S/C15H13ClN2O/c1-11(18-19)14-9-13(17-10-15(14)16)8-7-12-5-3-2-4-6-12/h2-10,19H,1H3/b8-7+,18-11-. The topological polar surface area (TPSA) is 45.5 Å². The maximum absolute atomic E-state index is 8.80. The van der Waals surface area contributed by atoms with E-state index in [2.05, 4.69) is 10.1 Å². The van der Waals surface area contributed by atoms with Crippen LogP contribution in [0, 0.1) is 0 Å². The summed E-state index contributed by atoms with van der Waals surface area (Å²) in [4.78, 5) is 4.22. The van der Waals surface area contributed by atoms with Crippen molar-refractivity contribution in [3.05, 3.63) is 64.4 Å². The monoisotopic (exact) mass is 272 g/mol. The highest BCUT2D eigenvalue weighted by Gasteiger charge is 2.05. The van der Waals surface area contributed by atoms with E-state index in [0.717, 1.165) is 11.3 Å². The van der Waals surface area contributed by atoms with Gasteiger partial charge in [-0.05, 0) is 24.6 Å². The first-order chi connectivity index (χ1) is 9.20. The molecule has 3 nitrogen and oxygen atoms in total. The Morgan fingerprint density at radius 3 is 2.68 bits per heavy atom. The number of pyridine rings is 1. The van der Waals surface area contributed by atoms with Gasteiger partial charge in [-0.15, -0.1) is 0 Å². The molecule has 0 saturated carbocycles. The summed E-state index contributed by atoms with van der Waals surface area (Å²) in [6.07, 6.45) is 5.40. The second-order valence-electron chi connectivity index (χ2n) is 4.02. The van der Waals surface area contributed by atoms with Crippen LogP contribution in [0.5, 0.6) is 0 Å². The van der Waals surface area contributed by atoms with Gasteiger partial charge in [-0.2, -0.15) is 0 Å². The molecule has 0 amide bonds. The van der Waals surface area contributed by atoms with Gasteiger partial charge in [-0.25, -0.2) is 0 Å². The molecule has 1 aromatic heterocycles. The highest BCUT2D eigenvalue weighted by atomic mass is 35.5. The van der Waals surface area contributed by atoms with Crippen molar-refractivity contribution in [2.45, 2.75) is 6.92 Å². The van der Waals surface area contributed by atoms with Gasteiger partial charge in [0.25, 0.3) is 0 Å². The van der Waals surface area contributed by atoms with Crippen LogP contribution in [0.2, 0.25) is 5.02 Å². The number of benzene rings is 1. The minimum atomic E-state index is 0.460. The van der Waals surface area contributed by atoms with Crippen LogP contribution in [-0.2, 0) is 0 Å². The van der Waals surface area contributed by atoms with E-state index < -0.39 is 0 Å². The Labute approximate surface area is 116 Å². The minimum Gasteiger partial charge on any atom is -0.411 e. The summed E-state index contributed by atoms with van der Waals surface area (Å²) >= 11 is 6.01. The Bertz CT molecular complexity index is 621. The van der Waals surface area contributed by atoms with Crippen LogP contribution < -0.4 is 0 Å². The smallest absolute Gasteiger partial charge is 0.0853 e. The molecule has 96 valence electrons. The molecule has 0 atom stereocenters. The highest BCUT2D eigenvalue weighted by molar-refractivity contribution is 6.34. The van der Waals surface area contributed by atoms with E-state index in [0.29, 0.717) is 16.3 Å². The van der Waals surface area contributed by atoms with Crippen LogP contribution in [0.3, 0.4) is 0 Å². The van der Waals surface area contributed by atoms with Crippen molar-refractivity contribution in [3.63, 3.8) is 0 Å². The number of hydrogen-bond donors (Lipinski definition) is 1. The lowest BCUT2D eigenvalue weighted by Crippen LogP contribution is -1.97. The molecule has 0 radical (unpaired) electrons. The summed E-state index contributed by atoms with van der Waals surface area (Å²) < 4.78 is 0. The summed E-state index contributed by atoms with van der Waals surface area (Å²) in [6.45, 7) is 1.69. The zero-order chi connectivity index (χ0) is 13.7. The van der Waals surface area contributed by atoms with Crippen molar-refractivity contribution in [3.8, 4) is 0 Å². The lowest BCUT2D eigenvalue weighted by molar-refractivity contribution is 0.319.